The Bertz CT molecular complexity index is 184. The largest absolute Gasteiger partial charge is 0.463 e. The molecule has 0 aromatic heterocycles. The Morgan fingerprint density at radius 3 is 1.57 bits per heavy atom. The van der Waals surface area contributed by atoms with Crippen LogP contribution >= 0.6 is 0 Å². The lowest BCUT2D eigenvalue weighted by atomic mass is 9.84. The third-order valence-corrected chi connectivity index (χ3v) is 4.63. The lowest BCUT2D eigenvalue weighted by molar-refractivity contribution is -0.131. The number of hydrogen-bond donors (Lipinski definition) is 0. The number of ether oxygens (including phenoxy) is 1. The van der Waals surface area contributed by atoms with Gasteiger partial charge in [-0.2, -0.15) is 0 Å². The molecule has 0 heterocycles. The van der Waals surface area contributed by atoms with Crippen molar-refractivity contribution in [3.05, 3.63) is 0 Å². The molecule has 0 aromatic rings. The van der Waals surface area contributed by atoms with Crippen molar-refractivity contribution in [2.24, 2.45) is 10.8 Å². The summed E-state index contributed by atoms with van der Waals surface area (Å²) in [6, 6.07) is 0. The van der Waals surface area contributed by atoms with Gasteiger partial charge < -0.3 is 4.74 Å². The maximum atomic E-state index is 10.5. The van der Waals surface area contributed by atoms with Crippen LogP contribution in [0.15, 0.2) is 0 Å². The summed E-state index contributed by atoms with van der Waals surface area (Å²) in [5, 5.41) is 0. The lowest BCUT2D eigenvalue weighted by Gasteiger charge is -2.18. The summed E-state index contributed by atoms with van der Waals surface area (Å²) >= 11 is 0. The molecular formula is C12H22O2. The fraction of sp³-hybridized carbons (Fsp3) is 0.917. The number of hydrogen-bond acceptors (Lipinski definition) is 2. The molecule has 0 bridgehead atoms. The Morgan fingerprint density at radius 2 is 1.36 bits per heavy atom. The first-order chi connectivity index (χ1) is 6.69. The third-order valence-electron chi connectivity index (χ3n) is 4.63. The highest BCUT2D eigenvalue weighted by Crippen LogP contribution is 2.72. The molecule has 0 amide bonds. The minimum Gasteiger partial charge on any atom is -0.463 e. The minimum atomic E-state index is 0.164. The van der Waals surface area contributed by atoms with E-state index in [2.05, 4.69) is 27.7 Å². The molecule has 1 aliphatic carbocycles. The Kier molecular flexibility index (Phi) is 3.23. The van der Waals surface area contributed by atoms with Crippen LogP contribution in [0.5, 0.6) is 0 Å². The van der Waals surface area contributed by atoms with E-state index in [1.54, 1.807) is 0 Å². The fourth-order valence-corrected chi connectivity index (χ4v) is 3.66. The van der Waals surface area contributed by atoms with Gasteiger partial charge in [0.25, 0.3) is 6.47 Å². The summed E-state index contributed by atoms with van der Waals surface area (Å²) in [6.07, 6.45) is 4.62. The molecule has 0 unspecified atom stereocenters. The van der Waals surface area contributed by atoms with Crippen LogP contribution in [0, 0.1) is 10.8 Å². The van der Waals surface area contributed by atoms with Gasteiger partial charge in [-0.3, -0.25) is 4.79 Å². The van der Waals surface area contributed by atoms with Crippen molar-refractivity contribution in [2.75, 3.05) is 0 Å². The van der Waals surface area contributed by atoms with Gasteiger partial charge in [0.05, 0.1) is 0 Å². The smallest absolute Gasteiger partial charge is 0.293 e. The summed E-state index contributed by atoms with van der Waals surface area (Å²) in [4.78, 5) is 10.5. The Labute approximate surface area is 87.0 Å². The first-order valence-electron chi connectivity index (χ1n) is 5.78. The van der Waals surface area contributed by atoms with Crippen molar-refractivity contribution >= 4 is 6.47 Å². The van der Waals surface area contributed by atoms with Crippen LogP contribution in [0.3, 0.4) is 0 Å². The molecule has 0 aliphatic heterocycles. The van der Waals surface area contributed by atoms with E-state index in [0.717, 1.165) is 25.7 Å². The molecular weight excluding hydrogens is 176 g/mol. The minimum absolute atomic E-state index is 0.164. The highest BCUT2D eigenvalue weighted by molar-refractivity contribution is 5.41. The lowest BCUT2D eigenvalue weighted by Crippen LogP contribution is -2.11. The topological polar surface area (TPSA) is 26.3 Å². The van der Waals surface area contributed by atoms with Gasteiger partial charge in [0, 0.05) is 10.8 Å². The molecule has 1 aliphatic rings. The normalized spacial score (nSPS) is 23.1. The van der Waals surface area contributed by atoms with Crippen molar-refractivity contribution in [3.63, 3.8) is 0 Å². The molecule has 1 saturated carbocycles. The van der Waals surface area contributed by atoms with Crippen molar-refractivity contribution in [1.82, 2.24) is 0 Å². The van der Waals surface area contributed by atoms with Gasteiger partial charge in [-0.05, 0) is 25.7 Å². The Balaban J connectivity index is 2.89. The van der Waals surface area contributed by atoms with Crippen LogP contribution in [-0.4, -0.2) is 12.6 Å². The van der Waals surface area contributed by atoms with Gasteiger partial charge >= 0.3 is 0 Å². The molecule has 2 nitrogen and oxygen atoms in total. The van der Waals surface area contributed by atoms with Crippen LogP contribution < -0.4 is 0 Å². The average Bonchev–Trinajstić information content (AvgIpc) is 2.81. The van der Waals surface area contributed by atoms with Crippen LogP contribution in [0.2, 0.25) is 0 Å². The maximum Gasteiger partial charge on any atom is 0.293 e. The SMILES string of the molecule is CCC1(CC)C(OC=O)C1(CC)CC. The second-order valence-corrected chi connectivity index (χ2v) is 4.34. The van der Waals surface area contributed by atoms with Crippen LogP contribution in [-0.2, 0) is 9.53 Å². The van der Waals surface area contributed by atoms with Gasteiger partial charge in [-0.1, -0.05) is 27.7 Å². The fourth-order valence-electron chi connectivity index (χ4n) is 3.66. The molecule has 0 saturated heterocycles. The number of rotatable bonds is 6. The molecule has 0 spiro atoms. The molecule has 82 valence electrons. The van der Waals surface area contributed by atoms with Gasteiger partial charge in [0.15, 0.2) is 0 Å². The molecule has 1 rings (SSSR count). The van der Waals surface area contributed by atoms with Crippen molar-refractivity contribution in [1.29, 1.82) is 0 Å². The molecule has 0 N–H and O–H groups in total. The number of carbonyl (C=O) groups excluding carboxylic acids is 1. The quantitative estimate of drug-likeness (QED) is 0.613. The van der Waals surface area contributed by atoms with Crippen molar-refractivity contribution in [3.8, 4) is 0 Å². The standard InChI is InChI=1S/C12H22O2/c1-5-11(6-2)10(14-9-13)12(11,7-3)8-4/h9-10H,5-8H2,1-4H3. The zero-order valence-corrected chi connectivity index (χ0v) is 9.80. The predicted molar refractivity (Wildman–Crippen MR) is 57.0 cm³/mol. The van der Waals surface area contributed by atoms with E-state index in [0.29, 0.717) is 6.47 Å². The van der Waals surface area contributed by atoms with Crippen LogP contribution in [0.4, 0.5) is 0 Å². The molecule has 2 heteroatoms. The highest BCUT2D eigenvalue weighted by Gasteiger charge is 2.74. The third kappa shape index (κ3) is 1.12. The van der Waals surface area contributed by atoms with Gasteiger partial charge in [0.2, 0.25) is 0 Å². The first-order valence-corrected chi connectivity index (χ1v) is 5.78. The summed E-state index contributed by atoms with van der Waals surface area (Å²) in [5.41, 5.74) is 0.523. The van der Waals surface area contributed by atoms with E-state index in [9.17, 15) is 4.79 Å². The molecule has 0 radical (unpaired) electrons. The first kappa shape index (κ1) is 11.5. The van der Waals surface area contributed by atoms with Gasteiger partial charge in [-0.25, -0.2) is 0 Å². The van der Waals surface area contributed by atoms with Gasteiger partial charge in [-0.15, -0.1) is 0 Å². The summed E-state index contributed by atoms with van der Waals surface area (Å²) < 4.78 is 5.27. The van der Waals surface area contributed by atoms with Gasteiger partial charge in [0.1, 0.15) is 6.10 Å². The number of carbonyl (C=O) groups is 1. The summed E-state index contributed by atoms with van der Waals surface area (Å²) in [6.45, 7) is 9.45. The van der Waals surface area contributed by atoms with E-state index in [1.165, 1.54) is 0 Å². The maximum absolute atomic E-state index is 10.5. The van der Waals surface area contributed by atoms with Crippen LogP contribution in [0.25, 0.3) is 0 Å². The predicted octanol–water partition coefficient (Wildman–Crippen LogP) is 3.15. The van der Waals surface area contributed by atoms with E-state index in [-0.39, 0.29) is 16.9 Å². The van der Waals surface area contributed by atoms with E-state index in [4.69, 9.17) is 4.74 Å². The van der Waals surface area contributed by atoms with E-state index in [1.807, 2.05) is 0 Å². The van der Waals surface area contributed by atoms with E-state index >= 15 is 0 Å². The zero-order chi connectivity index (χ0) is 10.8. The Hall–Kier alpha value is -0.530. The molecule has 1 fully saturated rings. The second-order valence-electron chi connectivity index (χ2n) is 4.34. The monoisotopic (exact) mass is 198 g/mol. The summed E-state index contributed by atoms with van der Waals surface area (Å²) in [7, 11) is 0. The van der Waals surface area contributed by atoms with Crippen molar-refractivity contribution in [2.45, 2.75) is 59.5 Å². The van der Waals surface area contributed by atoms with Crippen LogP contribution in [0.1, 0.15) is 53.4 Å². The Morgan fingerprint density at radius 1 is 1.00 bits per heavy atom. The average molecular weight is 198 g/mol. The highest BCUT2D eigenvalue weighted by atomic mass is 16.5. The molecule has 0 aromatic carbocycles. The van der Waals surface area contributed by atoms with E-state index < -0.39 is 0 Å². The molecule has 14 heavy (non-hydrogen) atoms. The molecule has 0 atom stereocenters. The zero-order valence-electron chi connectivity index (χ0n) is 9.80. The van der Waals surface area contributed by atoms with Crippen molar-refractivity contribution < 1.29 is 9.53 Å². The second kappa shape index (κ2) is 3.92. The summed E-state index contributed by atoms with van der Waals surface area (Å²) in [5.74, 6) is 0.